The fourth-order valence-corrected chi connectivity index (χ4v) is 4.43. The molecule has 7 heteroatoms. The van der Waals surface area contributed by atoms with E-state index in [1.54, 1.807) is 12.2 Å². The number of aromatic carboxylic acids is 1. The van der Waals surface area contributed by atoms with E-state index < -0.39 is 11.4 Å². The zero-order valence-electron chi connectivity index (χ0n) is 16.5. The number of carboxylic acid groups (broad SMARTS) is 1. The van der Waals surface area contributed by atoms with Crippen LogP contribution in [0.5, 0.6) is 0 Å². The lowest BCUT2D eigenvalue weighted by Gasteiger charge is -2.28. The Kier molecular flexibility index (Phi) is 4.60. The van der Waals surface area contributed by atoms with Gasteiger partial charge in [-0.25, -0.2) is 4.79 Å². The van der Waals surface area contributed by atoms with Crippen molar-refractivity contribution in [3.8, 4) is 22.5 Å². The summed E-state index contributed by atoms with van der Waals surface area (Å²) in [6.45, 7) is 0. The molecule has 0 spiro atoms. The molecule has 0 bridgehead atoms. The Morgan fingerprint density at radius 3 is 2.72 bits per heavy atom. The molecule has 0 aromatic heterocycles. The van der Waals surface area contributed by atoms with E-state index in [1.807, 2.05) is 12.2 Å². The van der Waals surface area contributed by atoms with Gasteiger partial charge in [-0.15, -0.1) is 0 Å². The summed E-state index contributed by atoms with van der Waals surface area (Å²) in [5, 5.41) is 19.7. The first-order valence-electron chi connectivity index (χ1n) is 9.79. The Bertz CT molecular complexity index is 1440. The average Bonchev–Trinajstić information content (AvgIpc) is 2.77. The van der Waals surface area contributed by atoms with Crippen molar-refractivity contribution < 1.29 is 24.2 Å². The predicted molar refractivity (Wildman–Crippen MR) is 120 cm³/mol. The van der Waals surface area contributed by atoms with Crippen LogP contribution in [0.3, 0.4) is 0 Å². The van der Waals surface area contributed by atoms with Gasteiger partial charge in [0.05, 0.1) is 16.3 Å². The van der Waals surface area contributed by atoms with E-state index in [0.717, 1.165) is 5.57 Å². The summed E-state index contributed by atoms with van der Waals surface area (Å²) >= 11 is 6.13. The summed E-state index contributed by atoms with van der Waals surface area (Å²) in [5.74, 6) is -0.323. The number of carboxylic acids is 1. The maximum atomic E-state index is 12.2. The Morgan fingerprint density at radius 1 is 1.16 bits per heavy atom. The number of aliphatic hydroxyl groups excluding tert-OH is 1. The summed E-state index contributed by atoms with van der Waals surface area (Å²) < 4.78 is 6.14. The third kappa shape index (κ3) is 3.08. The number of fused-ring (bicyclic) bond motifs is 4. The van der Waals surface area contributed by atoms with Gasteiger partial charge in [0.25, 0.3) is 0 Å². The van der Waals surface area contributed by atoms with Gasteiger partial charge in [-0.2, -0.15) is 0 Å². The molecule has 3 aliphatic carbocycles. The SMILES string of the molecule is O=Cc1ccc(C(=O)O)c(-c2c3cc(Cl)c(=O)cc-3oc3c2C=CC2CC(O)=CC=C32)c1. The number of rotatable bonds is 3. The minimum atomic E-state index is -1.16. The van der Waals surface area contributed by atoms with Crippen LogP contribution >= 0.6 is 11.6 Å². The topological polar surface area (TPSA) is 105 Å². The minimum Gasteiger partial charge on any atom is -0.512 e. The number of hydrogen-bond donors (Lipinski definition) is 2. The van der Waals surface area contributed by atoms with Gasteiger partial charge < -0.3 is 14.6 Å². The number of aldehydes is 1. The fourth-order valence-electron chi connectivity index (χ4n) is 4.27. The third-order valence-corrected chi connectivity index (χ3v) is 6.05. The Balaban J connectivity index is 1.94. The molecule has 1 aromatic rings. The number of hydrogen-bond acceptors (Lipinski definition) is 5. The Hall–Kier alpha value is -3.90. The van der Waals surface area contributed by atoms with Crippen LogP contribution in [0.4, 0.5) is 0 Å². The van der Waals surface area contributed by atoms with Crippen LogP contribution in [0.15, 0.2) is 63.5 Å². The molecular formula is C25H15ClO6. The minimum absolute atomic E-state index is 0.00156. The highest BCUT2D eigenvalue weighted by Gasteiger charge is 2.31. The molecule has 2 N–H and O–H groups in total. The summed E-state index contributed by atoms with van der Waals surface area (Å²) in [7, 11) is 0. The van der Waals surface area contributed by atoms with Crippen molar-refractivity contribution >= 4 is 35.5 Å². The number of benzene rings is 2. The highest BCUT2D eigenvalue weighted by molar-refractivity contribution is 6.31. The zero-order chi connectivity index (χ0) is 22.6. The fraction of sp³-hybridized carbons (Fsp3) is 0.0800. The van der Waals surface area contributed by atoms with Gasteiger partial charge in [0.1, 0.15) is 17.8 Å². The van der Waals surface area contributed by atoms with Crippen molar-refractivity contribution in [2.24, 2.45) is 5.92 Å². The maximum absolute atomic E-state index is 12.2. The largest absolute Gasteiger partial charge is 0.512 e. The molecule has 32 heavy (non-hydrogen) atoms. The van der Waals surface area contributed by atoms with Crippen LogP contribution < -0.4 is 5.43 Å². The quantitative estimate of drug-likeness (QED) is 0.518. The lowest BCUT2D eigenvalue weighted by Crippen LogP contribution is -2.13. The molecule has 0 saturated heterocycles. The molecule has 5 rings (SSSR count). The van der Waals surface area contributed by atoms with E-state index in [-0.39, 0.29) is 28.0 Å². The Morgan fingerprint density at radius 2 is 1.97 bits per heavy atom. The summed E-state index contributed by atoms with van der Waals surface area (Å²) in [5.41, 5.74) is 2.55. The van der Waals surface area contributed by atoms with Crippen molar-refractivity contribution in [1.29, 1.82) is 0 Å². The lowest BCUT2D eigenvalue weighted by atomic mass is 9.79. The number of carbonyl (C=O) groups excluding carboxylic acids is 1. The van der Waals surface area contributed by atoms with E-state index >= 15 is 0 Å². The van der Waals surface area contributed by atoms with E-state index in [2.05, 4.69) is 0 Å². The first-order valence-corrected chi connectivity index (χ1v) is 10.2. The summed E-state index contributed by atoms with van der Waals surface area (Å²) in [6.07, 6.45) is 8.11. The van der Waals surface area contributed by atoms with E-state index in [4.69, 9.17) is 16.0 Å². The second kappa shape index (κ2) is 7.35. The zero-order valence-corrected chi connectivity index (χ0v) is 17.2. The number of carbonyl (C=O) groups is 2. The number of halogens is 1. The van der Waals surface area contributed by atoms with Crippen molar-refractivity contribution in [2.45, 2.75) is 6.42 Å². The van der Waals surface area contributed by atoms with Gasteiger partial charge in [-0.1, -0.05) is 35.9 Å². The molecule has 1 heterocycles. The normalized spacial score (nSPS) is 16.7. The van der Waals surface area contributed by atoms with Gasteiger partial charge in [0.2, 0.25) is 5.43 Å². The van der Waals surface area contributed by atoms with E-state index in [9.17, 15) is 24.6 Å². The van der Waals surface area contributed by atoms with Gasteiger partial charge >= 0.3 is 5.97 Å². The van der Waals surface area contributed by atoms with Gasteiger partial charge in [-0.3, -0.25) is 9.59 Å². The molecule has 0 fully saturated rings. The van der Waals surface area contributed by atoms with Crippen LogP contribution in [0.1, 0.15) is 38.5 Å². The van der Waals surface area contributed by atoms with Crippen molar-refractivity contribution in [1.82, 2.24) is 0 Å². The molecule has 4 aliphatic rings. The van der Waals surface area contributed by atoms with Crippen LogP contribution in [-0.2, 0) is 0 Å². The molecule has 0 radical (unpaired) electrons. The van der Waals surface area contributed by atoms with Crippen LogP contribution in [-0.4, -0.2) is 22.5 Å². The molecule has 158 valence electrons. The van der Waals surface area contributed by atoms with Gasteiger partial charge in [0, 0.05) is 46.2 Å². The molecule has 0 amide bonds. The first kappa shape index (κ1) is 20.0. The second-order valence-electron chi connectivity index (χ2n) is 7.68. The summed E-state index contributed by atoms with van der Waals surface area (Å²) in [4.78, 5) is 35.7. The second-order valence-corrected chi connectivity index (χ2v) is 8.08. The van der Waals surface area contributed by atoms with Crippen LogP contribution in [0.2, 0.25) is 5.02 Å². The van der Waals surface area contributed by atoms with Crippen LogP contribution in [0, 0.1) is 5.92 Å². The number of allylic oxidation sites excluding steroid dienone is 5. The molecule has 1 atom stereocenters. The highest BCUT2D eigenvalue weighted by atomic mass is 35.5. The molecule has 1 unspecified atom stereocenters. The van der Waals surface area contributed by atoms with Gasteiger partial charge in [-0.05, 0) is 29.8 Å². The average molecular weight is 447 g/mol. The third-order valence-electron chi connectivity index (χ3n) is 5.75. The van der Waals surface area contributed by atoms with E-state index in [0.29, 0.717) is 46.3 Å². The monoisotopic (exact) mass is 446 g/mol. The molecule has 1 aromatic carbocycles. The predicted octanol–water partition coefficient (Wildman–Crippen LogP) is 5.45. The summed E-state index contributed by atoms with van der Waals surface area (Å²) in [6, 6.07) is 7.05. The molecule has 0 saturated carbocycles. The van der Waals surface area contributed by atoms with Crippen molar-refractivity contribution in [2.75, 3.05) is 0 Å². The lowest BCUT2D eigenvalue weighted by molar-refractivity contribution is 0.0697. The van der Waals surface area contributed by atoms with E-state index in [1.165, 1.54) is 30.3 Å². The van der Waals surface area contributed by atoms with Crippen molar-refractivity contribution in [3.63, 3.8) is 0 Å². The van der Waals surface area contributed by atoms with Crippen LogP contribution in [0.25, 0.3) is 34.1 Å². The standard InChI is InChI=1S/C25H15ClO6/c26-20-9-19-22(10-21(20)29)32-24-15-6-3-14(28)8-13(15)2-5-17(24)23(19)18-7-12(11-27)1-4-16(18)25(30)31/h1-7,9-11,13,28H,8H2,(H,30,31). The molecule has 1 aliphatic heterocycles. The first-order chi connectivity index (χ1) is 15.4. The molecular weight excluding hydrogens is 432 g/mol. The maximum Gasteiger partial charge on any atom is 0.336 e. The molecule has 6 nitrogen and oxygen atoms in total. The van der Waals surface area contributed by atoms with Gasteiger partial charge in [0.15, 0.2) is 0 Å². The smallest absolute Gasteiger partial charge is 0.336 e. The Labute approximate surface area is 186 Å². The highest BCUT2D eigenvalue weighted by Crippen LogP contribution is 2.48. The van der Waals surface area contributed by atoms with Crippen molar-refractivity contribution in [3.05, 3.63) is 92.0 Å². The number of aliphatic hydroxyl groups is 1.